The van der Waals surface area contributed by atoms with Gasteiger partial charge in [-0.1, -0.05) is 12.1 Å². The summed E-state index contributed by atoms with van der Waals surface area (Å²) in [7, 11) is 0. The van der Waals surface area contributed by atoms with E-state index in [9.17, 15) is 19.8 Å². The third-order valence-corrected chi connectivity index (χ3v) is 3.83. The second-order valence-electron chi connectivity index (χ2n) is 6.07. The van der Waals surface area contributed by atoms with Gasteiger partial charge in [-0.15, -0.1) is 0 Å². The van der Waals surface area contributed by atoms with E-state index >= 15 is 0 Å². The fourth-order valence-electron chi connectivity index (χ4n) is 2.60. The molecule has 2 rings (SSSR count). The van der Waals surface area contributed by atoms with Crippen LogP contribution < -0.4 is 11.5 Å². The van der Waals surface area contributed by atoms with Crippen LogP contribution in [-0.2, 0) is 22.4 Å². The molecule has 2 aromatic rings. The number of benzene rings is 2. The minimum absolute atomic E-state index is 0.0201. The monoisotopic (exact) mass is 360 g/mol. The molecule has 0 fully saturated rings. The van der Waals surface area contributed by atoms with Crippen molar-refractivity contribution in [2.45, 2.75) is 24.9 Å². The quantitative estimate of drug-likeness (QED) is 0.419. The average Bonchev–Trinajstić information content (AvgIpc) is 2.53. The number of nitrogens with two attached hydrogens (primary N) is 2. The van der Waals surface area contributed by atoms with E-state index in [0.29, 0.717) is 22.3 Å². The highest BCUT2D eigenvalue weighted by Gasteiger charge is 2.16. The van der Waals surface area contributed by atoms with Gasteiger partial charge in [-0.2, -0.15) is 0 Å². The Labute approximate surface area is 149 Å². The predicted molar refractivity (Wildman–Crippen MR) is 93.8 cm³/mol. The van der Waals surface area contributed by atoms with Crippen molar-refractivity contribution < 1.29 is 30.0 Å². The third kappa shape index (κ3) is 4.95. The maximum Gasteiger partial charge on any atom is 0.320 e. The summed E-state index contributed by atoms with van der Waals surface area (Å²) in [6, 6.07) is 6.80. The number of carboxylic acids is 2. The van der Waals surface area contributed by atoms with Gasteiger partial charge in [0.05, 0.1) is 0 Å². The van der Waals surface area contributed by atoms with E-state index in [4.69, 9.17) is 21.7 Å². The van der Waals surface area contributed by atoms with Gasteiger partial charge in [0.1, 0.15) is 23.6 Å². The van der Waals surface area contributed by atoms with Crippen LogP contribution in [0.3, 0.4) is 0 Å². The molecule has 26 heavy (non-hydrogen) atoms. The zero-order valence-corrected chi connectivity index (χ0v) is 13.8. The Bertz CT molecular complexity index is 767. The summed E-state index contributed by atoms with van der Waals surface area (Å²) in [6.07, 6.45) is 0.0403. The predicted octanol–water partition coefficient (Wildman–Crippen LogP) is 0.674. The maximum absolute atomic E-state index is 10.9. The summed E-state index contributed by atoms with van der Waals surface area (Å²) in [4.78, 5) is 21.8. The molecule has 0 aliphatic heterocycles. The summed E-state index contributed by atoms with van der Waals surface area (Å²) in [5.74, 6) is -2.47. The van der Waals surface area contributed by atoms with Crippen LogP contribution in [0, 0.1) is 0 Å². The molecule has 0 saturated carbocycles. The summed E-state index contributed by atoms with van der Waals surface area (Å²) in [5.41, 5.74) is 13.1. The smallest absolute Gasteiger partial charge is 0.320 e. The van der Waals surface area contributed by atoms with Crippen LogP contribution in [0.2, 0.25) is 0 Å². The van der Waals surface area contributed by atoms with E-state index in [0.717, 1.165) is 0 Å². The highest BCUT2D eigenvalue weighted by atomic mass is 16.4. The molecule has 0 aliphatic rings. The van der Waals surface area contributed by atoms with Crippen LogP contribution in [0.5, 0.6) is 11.5 Å². The van der Waals surface area contributed by atoms with Crippen LogP contribution in [0.25, 0.3) is 11.1 Å². The van der Waals surface area contributed by atoms with Gasteiger partial charge >= 0.3 is 11.9 Å². The summed E-state index contributed by atoms with van der Waals surface area (Å²) in [5, 5.41) is 37.7. The van der Waals surface area contributed by atoms with Crippen LogP contribution in [0.4, 0.5) is 0 Å². The molecule has 8 nitrogen and oxygen atoms in total. The fourth-order valence-corrected chi connectivity index (χ4v) is 2.60. The van der Waals surface area contributed by atoms with Crippen molar-refractivity contribution in [3.05, 3.63) is 47.5 Å². The van der Waals surface area contributed by atoms with Gasteiger partial charge in [0.25, 0.3) is 0 Å². The first-order valence-corrected chi connectivity index (χ1v) is 7.78. The second kappa shape index (κ2) is 7.85. The second-order valence-corrected chi connectivity index (χ2v) is 6.07. The number of hydrogen-bond acceptors (Lipinski definition) is 6. The number of phenolic OH excluding ortho intramolecular Hbond substituents is 2. The van der Waals surface area contributed by atoms with E-state index in [2.05, 4.69) is 0 Å². The lowest BCUT2D eigenvalue weighted by Gasteiger charge is -2.12. The van der Waals surface area contributed by atoms with Crippen molar-refractivity contribution in [3.63, 3.8) is 0 Å². The van der Waals surface area contributed by atoms with Crippen molar-refractivity contribution in [2.24, 2.45) is 11.5 Å². The number of carboxylic acid groups (broad SMARTS) is 2. The topological polar surface area (TPSA) is 167 Å². The molecule has 2 aromatic carbocycles. The van der Waals surface area contributed by atoms with Crippen LogP contribution >= 0.6 is 0 Å². The first-order chi connectivity index (χ1) is 12.2. The molecule has 2 atom stereocenters. The maximum atomic E-state index is 10.9. The zero-order valence-electron chi connectivity index (χ0n) is 13.8. The molecule has 0 bridgehead atoms. The van der Waals surface area contributed by atoms with Gasteiger partial charge in [-0.25, -0.2) is 0 Å². The van der Waals surface area contributed by atoms with Gasteiger partial charge in [-0.3, -0.25) is 9.59 Å². The van der Waals surface area contributed by atoms with Gasteiger partial charge in [0.2, 0.25) is 0 Å². The van der Waals surface area contributed by atoms with Crippen molar-refractivity contribution in [1.82, 2.24) is 0 Å². The third-order valence-electron chi connectivity index (χ3n) is 3.83. The molecule has 0 amide bonds. The summed E-state index contributed by atoms with van der Waals surface area (Å²) in [6.45, 7) is 0. The van der Waals surface area contributed by atoms with Gasteiger partial charge in [0, 0.05) is 0 Å². The number of phenols is 2. The molecule has 0 spiro atoms. The lowest BCUT2D eigenvalue weighted by Crippen LogP contribution is -2.32. The number of rotatable bonds is 7. The van der Waals surface area contributed by atoms with Crippen LogP contribution in [-0.4, -0.2) is 44.4 Å². The molecular formula is C18H20N2O6. The molecule has 138 valence electrons. The van der Waals surface area contributed by atoms with E-state index < -0.39 is 24.0 Å². The number of aromatic hydroxyl groups is 2. The Hall–Kier alpha value is -3.10. The molecule has 0 saturated heterocycles. The van der Waals surface area contributed by atoms with Crippen molar-refractivity contribution in [2.75, 3.05) is 0 Å². The van der Waals surface area contributed by atoms with Crippen LogP contribution in [0.15, 0.2) is 36.4 Å². The highest BCUT2D eigenvalue weighted by Crippen LogP contribution is 2.30. The molecule has 0 heterocycles. The highest BCUT2D eigenvalue weighted by molar-refractivity contribution is 5.75. The zero-order chi connectivity index (χ0) is 19.4. The minimum Gasteiger partial charge on any atom is -0.508 e. The fraction of sp³-hybridized carbons (Fsp3) is 0.222. The van der Waals surface area contributed by atoms with Crippen molar-refractivity contribution >= 4 is 11.9 Å². The average molecular weight is 360 g/mol. The first-order valence-electron chi connectivity index (χ1n) is 7.78. The number of hydrogen-bond donors (Lipinski definition) is 6. The van der Waals surface area contributed by atoms with Crippen LogP contribution in [0.1, 0.15) is 11.1 Å². The summed E-state index contributed by atoms with van der Waals surface area (Å²) >= 11 is 0. The molecule has 0 aliphatic carbocycles. The summed E-state index contributed by atoms with van der Waals surface area (Å²) < 4.78 is 0. The van der Waals surface area contributed by atoms with Gasteiger partial charge < -0.3 is 31.9 Å². The Morgan fingerprint density at radius 1 is 0.731 bits per heavy atom. The lowest BCUT2D eigenvalue weighted by molar-refractivity contribution is -0.139. The largest absolute Gasteiger partial charge is 0.508 e. The first kappa shape index (κ1) is 19.2. The van der Waals surface area contributed by atoms with E-state index in [1.54, 1.807) is 12.1 Å². The normalized spacial score (nSPS) is 13.2. The van der Waals surface area contributed by atoms with Crippen molar-refractivity contribution in [3.8, 4) is 22.6 Å². The van der Waals surface area contributed by atoms with Crippen molar-refractivity contribution in [1.29, 1.82) is 0 Å². The molecule has 8 N–H and O–H groups in total. The molecular weight excluding hydrogens is 340 g/mol. The van der Waals surface area contributed by atoms with E-state index in [1.807, 2.05) is 0 Å². The Balaban J connectivity index is 2.38. The van der Waals surface area contributed by atoms with E-state index in [1.165, 1.54) is 24.3 Å². The molecule has 2 unspecified atom stereocenters. The number of carbonyl (C=O) groups is 2. The lowest BCUT2D eigenvalue weighted by atomic mass is 9.96. The van der Waals surface area contributed by atoms with E-state index in [-0.39, 0.29) is 24.3 Å². The molecule has 8 heteroatoms. The molecule has 0 radical (unpaired) electrons. The number of aliphatic carboxylic acids is 2. The SMILES string of the molecule is NC(Cc1cc(O)cc(-c2cc(O)cc(CC(N)C(=O)O)c2)c1)C(=O)O. The standard InChI is InChI=1S/C18H20N2O6/c19-15(17(23)24)5-9-1-11(7-13(21)3-9)12-2-10(4-14(22)8-12)6-16(20)18(25)26/h1-4,7-8,15-16,21-22H,5-6,19-20H2,(H,23,24)(H,25,26). The minimum atomic E-state index is -1.16. The Morgan fingerprint density at radius 3 is 1.38 bits per heavy atom. The van der Waals surface area contributed by atoms with Gasteiger partial charge in [0.15, 0.2) is 0 Å². The van der Waals surface area contributed by atoms with Gasteiger partial charge in [-0.05, 0) is 59.4 Å². The molecule has 0 aromatic heterocycles. The Kier molecular flexibility index (Phi) is 5.81. The Morgan fingerprint density at radius 2 is 1.08 bits per heavy atom.